The molecule has 2 aromatic carbocycles. The monoisotopic (exact) mass is 287 g/mol. The summed E-state index contributed by atoms with van der Waals surface area (Å²) < 4.78 is 27.0. The molecule has 1 amide bonds. The van der Waals surface area contributed by atoms with E-state index in [2.05, 4.69) is 5.32 Å². The van der Waals surface area contributed by atoms with Crippen LogP contribution < -0.4 is 11.1 Å². The summed E-state index contributed by atoms with van der Waals surface area (Å²) in [6, 6.07) is 8.18. The minimum absolute atomic E-state index is 0.343. The van der Waals surface area contributed by atoms with Gasteiger partial charge >= 0.3 is 0 Å². The van der Waals surface area contributed by atoms with Crippen LogP contribution in [-0.2, 0) is 0 Å². The molecule has 0 aliphatic heterocycles. The molecule has 4 nitrogen and oxygen atoms in total. The van der Waals surface area contributed by atoms with E-state index in [-0.39, 0.29) is 0 Å². The number of nitrogens with zero attached hydrogens (tertiary/aromatic N) is 1. The fourth-order valence-corrected chi connectivity index (χ4v) is 1.79. The lowest BCUT2D eigenvalue weighted by molar-refractivity contribution is 0.102. The van der Waals surface area contributed by atoms with Crippen molar-refractivity contribution in [2.75, 3.05) is 11.1 Å². The summed E-state index contributed by atoms with van der Waals surface area (Å²) in [7, 11) is 0. The maximum atomic E-state index is 13.8. The van der Waals surface area contributed by atoms with Gasteiger partial charge in [0.15, 0.2) is 5.82 Å². The first-order valence-electron chi connectivity index (χ1n) is 5.99. The Hall–Kier alpha value is -2.94. The first-order valence-corrected chi connectivity index (χ1v) is 5.99. The molecule has 0 saturated carbocycles. The number of nitrogen functional groups attached to an aromatic ring is 1. The molecule has 0 spiro atoms. The number of anilines is 2. The Morgan fingerprint density at radius 1 is 1.29 bits per heavy atom. The van der Waals surface area contributed by atoms with Gasteiger partial charge in [-0.3, -0.25) is 4.79 Å². The van der Waals surface area contributed by atoms with Gasteiger partial charge < -0.3 is 11.1 Å². The molecule has 3 N–H and O–H groups in total. The number of carbonyl (C=O) groups is 1. The zero-order valence-corrected chi connectivity index (χ0v) is 11.1. The molecule has 2 aromatic rings. The van der Waals surface area contributed by atoms with E-state index in [0.29, 0.717) is 16.8 Å². The van der Waals surface area contributed by atoms with E-state index in [4.69, 9.17) is 11.0 Å². The standard InChI is InChI=1S/C15H11F2N3O/c1-8-2-3-9(7-18)4-13(8)20-15(21)11-5-10(16)6-12(19)14(11)17/h2-6H,19H2,1H3,(H,20,21). The van der Waals surface area contributed by atoms with Crippen LogP contribution in [-0.4, -0.2) is 5.91 Å². The molecular formula is C15H11F2N3O. The van der Waals surface area contributed by atoms with Crippen LogP contribution >= 0.6 is 0 Å². The fraction of sp³-hybridized carbons (Fsp3) is 0.0667. The molecule has 0 bridgehead atoms. The van der Waals surface area contributed by atoms with Crippen molar-refractivity contribution in [1.29, 1.82) is 5.26 Å². The van der Waals surface area contributed by atoms with E-state index in [9.17, 15) is 13.6 Å². The van der Waals surface area contributed by atoms with Gasteiger partial charge in [-0.1, -0.05) is 6.07 Å². The summed E-state index contributed by atoms with van der Waals surface area (Å²) in [6.07, 6.45) is 0. The number of halogens is 2. The van der Waals surface area contributed by atoms with E-state index in [0.717, 1.165) is 12.1 Å². The van der Waals surface area contributed by atoms with Crippen molar-refractivity contribution in [1.82, 2.24) is 0 Å². The lowest BCUT2D eigenvalue weighted by Crippen LogP contribution is -2.16. The van der Waals surface area contributed by atoms with Gasteiger partial charge in [0.05, 0.1) is 22.9 Å². The number of nitrogens with two attached hydrogens (primary N) is 1. The molecule has 6 heteroatoms. The minimum atomic E-state index is -0.983. The summed E-state index contributed by atoms with van der Waals surface area (Å²) in [5, 5.41) is 11.3. The van der Waals surface area contributed by atoms with Crippen LogP contribution in [0.5, 0.6) is 0 Å². The van der Waals surface area contributed by atoms with Crippen molar-refractivity contribution in [3.05, 3.63) is 58.7 Å². The van der Waals surface area contributed by atoms with Crippen LogP contribution in [0, 0.1) is 29.9 Å². The second-order valence-corrected chi connectivity index (χ2v) is 4.45. The number of nitriles is 1. The molecule has 0 atom stereocenters. The molecule has 0 heterocycles. The van der Waals surface area contributed by atoms with Gasteiger partial charge in [0.25, 0.3) is 5.91 Å². The molecule has 0 aliphatic carbocycles. The second-order valence-electron chi connectivity index (χ2n) is 4.45. The predicted molar refractivity (Wildman–Crippen MR) is 74.6 cm³/mol. The van der Waals surface area contributed by atoms with E-state index < -0.39 is 28.8 Å². The normalized spacial score (nSPS) is 10.0. The van der Waals surface area contributed by atoms with Crippen LogP contribution in [0.4, 0.5) is 20.2 Å². The number of amides is 1. The highest BCUT2D eigenvalue weighted by atomic mass is 19.1. The molecule has 2 rings (SSSR count). The Kier molecular flexibility index (Phi) is 3.85. The van der Waals surface area contributed by atoms with Crippen molar-refractivity contribution >= 4 is 17.3 Å². The average Bonchev–Trinajstić information content (AvgIpc) is 2.45. The maximum Gasteiger partial charge on any atom is 0.258 e. The van der Waals surface area contributed by atoms with E-state index in [1.165, 1.54) is 6.07 Å². The van der Waals surface area contributed by atoms with Gasteiger partial charge in [0.1, 0.15) is 5.82 Å². The molecular weight excluding hydrogens is 276 g/mol. The van der Waals surface area contributed by atoms with E-state index in [1.54, 1.807) is 19.1 Å². The highest BCUT2D eigenvalue weighted by Gasteiger charge is 2.17. The van der Waals surface area contributed by atoms with Crippen LogP contribution in [0.15, 0.2) is 30.3 Å². The van der Waals surface area contributed by atoms with Crippen LogP contribution in [0.25, 0.3) is 0 Å². The van der Waals surface area contributed by atoms with Gasteiger partial charge in [0.2, 0.25) is 0 Å². The Bertz CT molecular complexity index is 766. The molecule has 0 radical (unpaired) electrons. The Morgan fingerprint density at radius 3 is 2.67 bits per heavy atom. The van der Waals surface area contributed by atoms with Gasteiger partial charge in [-0.15, -0.1) is 0 Å². The summed E-state index contributed by atoms with van der Waals surface area (Å²) >= 11 is 0. The van der Waals surface area contributed by atoms with Crippen molar-refractivity contribution in [2.45, 2.75) is 6.92 Å². The average molecular weight is 287 g/mol. The number of carbonyl (C=O) groups excluding carboxylic acids is 1. The van der Waals surface area contributed by atoms with Gasteiger partial charge in [-0.05, 0) is 36.8 Å². The number of nitrogens with one attached hydrogen (secondary N) is 1. The van der Waals surface area contributed by atoms with Gasteiger partial charge in [-0.2, -0.15) is 5.26 Å². The number of benzene rings is 2. The smallest absolute Gasteiger partial charge is 0.258 e. The number of hydrogen-bond donors (Lipinski definition) is 2. The molecule has 106 valence electrons. The Labute approximate surface area is 119 Å². The zero-order valence-electron chi connectivity index (χ0n) is 11.1. The Morgan fingerprint density at radius 2 is 2.00 bits per heavy atom. The van der Waals surface area contributed by atoms with E-state index >= 15 is 0 Å². The van der Waals surface area contributed by atoms with Crippen LogP contribution in [0.2, 0.25) is 0 Å². The highest BCUT2D eigenvalue weighted by molar-refractivity contribution is 6.05. The lowest BCUT2D eigenvalue weighted by atomic mass is 10.1. The summed E-state index contributed by atoms with van der Waals surface area (Å²) in [5.74, 6) is -2.62. The van der Waals surface area contributed by atoms with E-state index in [1.807, 2.05) is 6.07 Å². The number of rotatable bonds is 2. The first kappa shape index (κ1) is 14.5. The maximum absolute atomic E-state index is 13.8. The first-order chi connectivity index (χ1) is 9.92. The molecule has 0 aromatic heterocycles. The second kappa shape index (κ2) is 5.59. The van der Waals surface area contributed by atoms with Crippen molar-refractivity contribution in [3.8, 4) is 6.07 Å². The van der Waals surface area contributed by atoms with Gasteiger partial charge in [0, 0.05) is 5.69 Å². The minimum Gasteiger partial charge on any atom is -0.396 e. The molecule has 0 fully saturated rings. The molecule has 0 saturated heterocycles. The van der Waals surface area contributed by atoms with Crippen molar-refractivity contribution < 1.29 is 13.6 Å². The SMILES string of the molecule is Cc1ccc(C#N)cc1NC(=O)c1cc(F)cc(N)c1F. The van der Waals surface area contributed by atoms with Crippen molar-refractivity contribution in [3.63, 3.8) is 0 Å². The third-order valence-corrected chi connectivity index (χ3v) is 2.93. The quantitative estimate of drug-likeness (QED) is 0.833. The largest absolute Gasteiger partial charge is 0.396 e. The summed E-state index contributed by atoms with van der Waals surface area (Å²) in [4.78, 5) is 12.0. The third-order valence-electron chi connectivity index (χ3n) is 2.93. The molecule has 21 heavy (non-hydrogen) atoms. The van der Waals surface area contributed by atoms with Crippen LogP contribution in [0.3, 0.4) is 0 Å². The van der Waals surface area contributed by atoms with Gasteiger partial charge in [-0.25, -0.2) is 8.78 Å². The van der Waals surface area contributed by atoms with Crippen LogP contribution in [0.1, 0.15) is 21.5 Å². The highest BCUT2D eigenvalue weighted by Crippen LogP contribution is 2.21. The lowest BCUT2D eigenvalue weighted by Gasteiger charge is -2.10. The Balaban J connectivity index is 2.37. The third kappa shape index (κ3) is 2.98. The molecule has 0 unspecified atom stereocenters. The summed E-state index contributed by atoms with van der Waals surface area (Å²) in [6.45, 7) is 1.72. The summed E-state index contributed by atoms with van der Waals surface area (Å²) in [5.41, 5.74) is 5.73. The van der Waals surface area contributed by atoms with Crippen molar-refractivity contribution in [2.24, 2.45) is 0 Å². The topological polar surface area (TPSA) is 78.9 Å². The molecule has 0 aliphatic rings. The predicted octanol–water partition coefficient (Wildman–Crippen LogP) is 2.98. The fourth-order valence-electron chi connectivity index (χ4n) is 1.79. The number of hydrogen-bond acceptors (Lipinski definition) is 3. The number of aryl methyl sites for hydroxylation is 1. The zero-order chi connectivity index (χ0) is 15.6.